The molecule has 0 spiro atoms. The topological polar surface area (TPSA) is 68.2 Å². The molecule has 1 heterocycles. The van der Waals surface area contributed by atoms with Crippen LogP contribution in [-0.4, -0.2) is 47.5 Å². The first kappa shape index (κ1) is 19.2. The zero-order chi connectivity index (χ0) is 18.6. The molecular formula is C18H23ClN2O4. The normalized spacial score (nSPS) is 17.2. The highest BCUT2D eigenvalue weighted by molar-refractivity contribution is 6.30. The summed E-state index contributed by atoms with van der Waals surface area (Å²) in [6.07, 6.45) is 0.718. The van der Waals surface area contributed by atoms with Gasteiger partial charge in [-0.25, -0.2) is 4.79 Å². The molecule has 0 bridgehead atoms. The monoisotopic (exact) mass is 366 g/mol. The predicted octanol–water partition coefficient (Wildman–Crippen LogP) is 3.02. The summed E-state index contributed by atoms with van der Waals surface area (Å²) in [5.41, 5.74) is 0.541. The van der Waals surface area contributed by atoms with Gasteiger partial charge in [0, 0.05) is 11.4 Å². The molecule has 136 valence electrons. The molecular weight excluding hydrogens is 344 g/mol. The minimum atomic E-state index is -1.32. The number of hydrazone groups is 1. The fourth-order valence-corrected chi connectivity index (χ4v) is 2.61. The summed E-state index contributed by atoms with van der Waals surface area (Å²) >= 11 is 5.90. The largest absolute Gasteiger partial charge is 0.463 e. The van der Waals surface area contributed by atoms with Gasteiger partial charge in [-0.3, -0.25) is 9.80 Å². The van der Waals surface area contributed by atoms with E-state index < -0.39 is 17.5 Å². The fourth-order valence-electron chi connectivity index (χ4n) is 2.48. The molecule has 0 aromatic heterocycles. The molecule has 1 aliphatic rings. The Morgan fingerprint density at radius 2 is 1.96 bits per heavy atom. The van der Waals surface area contributed by atoms with E-state index in [4.69, 9.17) is 21.1 Å². The first-order valence-corrected chi connectivity index (χ1v) is 8.60. The first-order valence-electron chi connectivity index (χ1n) is 8.22. The highest BCUT2D eigenvalue weighted by Crippen LogP contribution is 2.21. The van der Waals surface area contributed by atoms with E-state index in [0.29, 0.717) is 5.02 Å². The van der Waals surface area contributed by atoms with Crippen molar-refractivity contribution in [2.24, 2.45) is 5.10 Å². The van der Waals surface area contributed by atoms with Crippen molar-refractivity contribution in [1.29, 1.82) is 0 Å². The summed E-state index contributed by atoms with van der Waals surface area (Å²) in [7, 11) is 0. The van der Waals surface area contributed by atoms with Crippen LogP contribution in [-0.2, 0) is 19.1 Å². The van der Waals surface area contributed by atoms with Gasteiger partial charge in [0.25, 0.3) is 0 Å². The van der Waals surface area contributed by atoms with Crippen molar-refractivity contribution in [3.05, 3.63) is 34.9 Å². The summed E-state index contributed by atoms with van der Waals surface area (Å²) in [5, 5.41) is 6.85. The summed E-state index contributed by atoms with van der Waals surface area (Å²) in [4.78, 5) is 24.0. The van der Waals surface area contributed by atoms with Crippen LogP contribution in [0.15, 0.2) is 29.4 Å². The summed E-state index contributed by atoms with van der Waals surface area (Å²) in [6.45, 7) is 6.92. The average Bonchev–Trinajstić information content (AvgIpc) is 2.88. The van der Waals surface area contributed by atoms with E-state index >= 15 is 0 Å². The third kappa shape index (κ3) is 4.95. The van der Waals surface area contributed by atoms with Gasteiger partial charge in [-0.1, -0.05) is 23.7 Å². The van der Waals surface area contributed by atoms with E-state index in [-0.39, 0.29) is 19.2 Å². The van der Waals surface area contributed by atoms with Crippen molar-refractivity contribution in [3.63, 3.8) is 0 Å². The fraction of sp³-hybridized carbons (Fsp3) is 0.500. The SMILES string of the molecule is CCOC(=O)C(C)(C)OC(=O)CN1N=C(c2ccc(Cl)cc2)CC1C. The van der Waals surface area contributed by atoms with Gasteiger partial charge in [-0.05, 0) is 45.4 Å². The Morgan fingerprint density at radius 1 is 1.32 bits per heavy atom. The van der Waals surface area contributed by atoms with Crippen LogP contribution in [0.25, 0.3) is 0 Å². The third-order valence-corrected chi connectivity index (χ3v) is 4.10. The predicted molar refractivity (Wildman–Crippen MR) is 95.6 cm³/mol. The van der Waals surface area contributed by atoms with Crippen LogP contribution >= 0.6 is 11.6 Å². The molecule has 1 aliphatic heterocycles. The number of carbonyl (C=O) groups is 2. The van der Waals surface area contributed by atoms with Crippen molar-refractivity contribution in [1.82, 2.24) is 5.01 Å². The number of hydrogen-bond donors (Lipinski definition) is 0. The van der Waals surface area contributed by atoms with Crippen LogP contribution < -0.4 is 0 Å². The molecule has 6 nitrogen and oxygen atoms in total. The summed E-state index contributed by atoms with van der Waals surface area (Å²) in [5.74, 6) is -1.09. The molecule has 1 atom stereocenters. The molecule has 1 unspecified atom stereocenters. The molecule has 0 aliphatic carbocycles. The number of halogens is 1. The molecule has 1 aromatic rings. The van der Waals surface area contributed by atoms with E-state index in [2.05, 4.69) is 5.10 Å². The van der Waals surface area contributed by atoms with Gasteiger partial charge >= 0.3 is 11.9 Å². The highest BCUT2D eigenvalue weighted by atomic mass is 35.5. The van der Waals surface area contributed by atoms with E-state index in [0.717, 1.165) is 17.7 Å². The van der Waals surface area contributed by atoms with E-state index in [1.807, 2.05) is 31.2 Å². The van der Waals surface area contributed by atoms with Crippen LogP contribution in [0.3, 0.4) is 0 Å². The summed E-state index contributed by atoms with van der Waals surface area (Å²) in [6, 6.07) is 7.48. The second kappa shape index (κ2) is 7.87. The molecule has 0 saturated heterocycles. The van der Waals surface area contributed by atoms with Crippen molar-refractivity contribution in [2.75, 3.05) is 13.2 Å². The van der Waals surface area contributed by atoms with Gasteiger partial charge in [0.05, 0.1) is 18.4 Å². The van der Waals surface area contributed by atoms with Crippen LogP contribution in [0, 0.1) is 0 Å². The maximum absolute atomic E-state index is 12.2. The van der Waals surface area contributed by atoms with Crippen molar-refractivity contribution in [3.8, 4) is 0 Å². The zero-order valence-electron chi connectivity index (χ0n) is 14.9. The van der Waals surface area contributed by atoms with Crippen LogP contribution in [0.2, 0.25) is 5.02 Å². The zero-order valence-corrected chi connectivity index (χ0v) is 15.7. The molecule has 0 saturated carbocycles. The molecule has 0 N–H and O–H groups in total. The molecule has 2 rings (SSSR count). The molecule has 7 heteroatoms. The lowest BCUT2D eigenvalue weighted by Crippen LogP contribution is -2.41. The molecule has 0 radical (unpaired) electrons. The number of nitrogens with zero attached hydrogens (tertiary/aromatic N) is 2. The molecule has 25 heavy (non-hydrogen) atoms. The van der Waals surface area contributed by atoms with Crippen LogP contribution in [0.5, 0.6) is 0 Å². The maximum Gasteiger partial charge on any atom is 0.349 e. The second-order valence-electron chi connectivity index (χ2n) is 6.41. The number of benzene rings is 1. The highest BCUT2D eigenvalue weighted by Gasteiger charge is 2.35. The lowest BCUT2D eigenvalue weighted by molar-refractivity contribution is -0.179. The Morgan fingerprint density at radius 3 is 2.56 bits per heavy atom. The van der Waals surface area contributed by atoms with Gasteiger partial charge in [0.15, 0.2) is 0 Å². The number of rotatable bonds is 6. The quantitative estimate of drug-likeness (QED) is 0.724. The van der Waals surface area contributed by atoms with Gasteiger partial charge in [-0.2, -0.15) is 5.10 Å². The van der Waals surface area contributed by atoms with Gasteiger partial charge in [0.1, 0.15) is 6.54 Å². The van der Waals surface area contributed by atoms with Gasteiger partial charge < -0.3 is 9.47 Å². The lowest BCUT2D eigenvalue weighted by Gasteiger charge is -2.25. The van der Waals surface area contributed by atoms with E-state index in [1.54, 1.807) is 11.9 Å². The Bertz CT molecular complexity index is 670. The molecule has 0 fully saturated rings. The maximum atomic E-state index is 12.2. The van der Waals surface area contributed by atoms with Crippen LogP contribution in [0.4, 0.5) is 0 Å². The number of esters is 2. The van der Waals surface area contributed by atoms with Crippen LogP contribution in [0.1, 0.15) is 39.7 Å². The minimum Gasteiger partial charge on any atom is -0.463 e. The van der Waals surface area contributed by atoms with Crippen molar-refractivity contribution < 1.29 is 19.1 Å². The van der Waals surface area contributed by atoms with Crippen molar-refractivity contribution in [2.45, 2.75) is 45.8 Å². The second-order valence-corrected chi connectivity index (χ2v) is 6.85. The Hall–Kier alpha value is -2.08. The van der Waals surface area contributed by atoms with Gasteiger partial charge in [-0.15, -0.1) is 0 Å². The standard InChI is InChI=1S/C18H23ClN2O4/c1-5-24-17(23)18(3,4)25-16(22)11-21-12(2)10-15(20-21)13-6-8-14(19)9-7-13/h6-9,12H,5,10-11H2,1-4H3. The summed E-state index contributed by atoms with van der Waals surface area (Å²) < 4.78 is 10.2. The number of ether oxygens (including phenoxy) is 2. The minimum absolute atomic E-state index is 0.0267. The van der Waals surface area contributed by atoms with Crippen molar-refractivity contribution >= 4 is 29.3 Å². The smallest absolute Gasteiger partial charge is 0.349 e. The Labute approximate surface area is 152 Å². The first-order chi connectivity index (χ1) is 11.7. The molecule has 1 aromatic carbocycles. The number of hydrogen-bond acceptors (Lipinski definition) is 6. The van der Waals surface area contributed by atoms with E-state index in [9.17, 15) is 9.59 Å². The molecule has 0 amide bonds. The average molecular weight is 367 g/mol. The Kier molecular flexibility index (Phi) is 6.06. The van der Waals surface area contributed by atoms with E-state index in [1.165, 1.54) is 13.8 Å². The number of carbonyl (C=O) groups excluding carboxylic acids is 2. The Balaban J connectivity index is 2.00. The lowest BCUT2D eigenvalue weighted by atomic mass is 10.1. The third-order valence-electron chi connectivity index (χ3n) is 3.85. The van der Waals surface area contributed by atoms with Gasteiger partial charge in [0.2, 0.25) is 5.60 Å².